The van der Waals surface area contributed by atoms with E-state index in [1.807, 2.05) is 18.2 Å². The van der Waals surface area contributed by atoms with Gasteiger partial charge in [0.2, 0.25) is 0 Å². The average molecular weight is 277 g/mol. The van der Waals surface area contributed by atoms with E-state index in [1.165, 1.54) is 11.3 Å². The molecule has 106 valence electrons. The lowest BCUT2D eigenvalue weighted by atomic mass is 9.93. The van der Waals surface area contributed by atoms with Gasteiger partial charge >= 0.3 is 0 Å². The van der Waals surface area contributed by atoms with Gasteiger partial charge in [0.15, 0.2) is 0 Å². The molecule has 3 heteroatoms. The number of hydrogen-bond donors (Lipinski definition) is 1. The van der Waals surface area contributed by atoms with Crippen LogP contribution >= 0.6 is 0 Å². The second kappa shape index (κ2) is 5.59. The highest BCUT2D eigenvalue weighted by Crippen LogP contribution is 2.36. The van der Waals surface area contributed by atoms with Crippen LogP contribution < -0.4 is 10.6 Å². The zero-order valence-corrected chi connectivity index (χ0v) is 12.2. The smallest absolute Gasteiger partial charge is 0.101 e. The number of rotatable bonds is 2. The van der Waals surface area contributed by atoms with Crippen LogP contribution in [0.15, 0.2) is 42.5 Å². The van der Waals surface area contributed by atoms with E-state index >= 15 is 0 Å². The fourth-order valence-electron chi connectivity index (χ4n) is 3.06. The lowest BCUT2D eigenvalue weighted by Crippen LogP contribution is -2.30. The maximum absolute atomic E-state index is 9.47. The number of nitrogens with zero attached hydrogens (tertiary/aromatic N) is 2. The Bertz CT molecular complexity index is 700. The number of para-hydroxylation sites is 1. The van der Waals surface area contributed by atoms with Gasteiger partial charge in [0.05, 0.1) is 11.3 Å². The molecule has 0 bridgehead atoms. The molecule has 1 atom stereocenters. The minimum atomic E-state index is 0.460. The van der Waals surface area contributed by atoms with E-state index < -0.39 is 0 Å². The average Bonchev–Trinajstić information content (AvgIpc) is 2.53. The molecule has 2 aromatic rings. The summed E-state index contributed by atoms with van der Waals surface area (Å²) in [7, 11) is 0. The van der Waals surface area contributed by atoms with Crippen molar-refractivity contribution in [1.29, 1.82) is 5.26 Å². The summed E-state index contributed by atoms with van der Waals surface area (Å²) in [6.07, 6.45) is 1.09. The molecule has 3 rings (SSSR count). The van der Waals surface area contributed by atoms with E-state index in [0.29, 0.717) is 18.0 Å². The highest BCUT2D eigenvalue weighted by atomic mass is 15.1. The van der Waals surface area contributed by atoms with Gasteiger partial charge in [0, 0.05) is 18.8 Å². The molecule has 1 aliphatic heterocycles. The van der Waals surface area contributed by atoms with Crippen molar-refractivity contribution >= 4 is 11.4 Å². The van der Waals surface area contributed by atoms with Crippen LogP contribution in [-0.4, -0.2) is 6.54 Å². The van der Waals surface area contributed by atoms with E-state index in [9.17, 15) is 5.26 Å². The number of hydrogen-bond acceptors (Lipinski definition) is 3. The summed E-state index contributed by atoms with van der Waals surface area (Å²) in [4.78, 5) is 2.27. The van der Waals surface area contributed by atoms with Crippen LogP contribution in [0.3, 0.4) is 0 Å². The van der Waals surface area contributed by atoms with Crippen molar-refractivity contribution in [2.24, 2.45) is 11.7 Å². The second-order valence-electron chi connectivity index (χ2n) is 5.72. The van der Waals surface area contributed by atoms with Gasteiger partial charge in [-0.2, -0.15) is 5.26 Å². The molecule has 1 aliphatic rings. The standard InChI is InChI=1S/C18H19N3/c1-13-8-15-4-2-3-5-17(15)21(12-13)18-7-6-14(10-19)9-16(18)11-20/h2-7,9,13H,8,10,12,19H2,1H3. The van der Waals surface area contributed by atoms with E-state index in [0.717, 1.165) is 24.2 Å². The fraction of sp³-hybridized carbons (Fsp3) is 0.278. The summed E-state index contributed by atoms with van der Waals surface area (Å²) in [6.45, 7) is 3.65. The first-order valence-electron chi connectivity index (χ1n) is 7.31. The van der Waals surface area contributed by atoms with Gasteiger partial charge in [-0.1, -0.05) is 31.2 Å². The lowest BCUT2D eigenvalue weighted by molar-refractivity contribution is 0.562. The summed E-state index contributed by atoms with van der Waals surface area (Å²) in [6, 6.07) is 16.7. The number of nitriles is 1. The maximum atomic E-state index is 9.47. The molecule has 0 aliphatic carbocycles. The summed E-state index contributed by atoms with van der Waals surface area (Å²) in [5, 5.41) is 9.47. The van der Waals surface area contributed by atoms with E-state index in [-0.39, 0.29) is 0 Å². The quantitative estimate of drug-likeness (QED) is 0.916. The summed E-state index contributed by atoms with van der Waals surface area (Å²) in [5.74, 6) is 0.570. The zero-order chi connectivity index (χ0) is 14.8. The van der Waals surface area contributed by atoms with Crippen molar-refractivity contribution < 1.29 is 0 Å². The molecular weight excluding hydrogens is 258 g/mol. The summed E-state index contributed by atoms with van der Waals surface area (Å²) < 4.78 is 0. The molecule has 1 heterocycles. The Morgan fingerprint density at radius 3 is 2.81 bits per heavy atom. The Hall–Kier alpha value is -2.31. The van der Waals surface area contributed by atoms with Crippen LogP contribution in [0, 0.1) is 17.2 Å². The van der Waals surface area contributed by atoms with E-state index in [4.69, 9.17) is 5.73 Å². The third-order valence-electron chi connectivity index (χ3n) is 4.05. The molecule has 0 radical (unpaired) electrons. The Morgan fingerprint density at radius 1 is 1.24 bits per heavy atom. The normalized spacial score (nSPS) is 17.2. The summed E-state index contributed by atoms with van der Waals surface area (Å²) >= 11 is 0. The van der Waals surface area contributed by atoms with Gasteiger partial charge in [-0.3, -0.25) is 0 Å². The number of fused-ring (bicyclic) bond motifs is 1. The van der Waals surface area contributed by atoms with Crippen LogP contribution in [0.4, 0.5) is 11.4 Å². The number of nitrogens with two attached hydrogens (primary N) is 1. The van der Waals surface area contributed by atoms with Crippen molar-refractivity contribution in [3.63, 3.8) is 0 Å². The van der Waals surface area contributed by atoms with E-state index in [1.54, 1.807) is 0 Å². The zero-order valence-electron chi connectivity index (χ0n) is 12.2. The molecule has 0 saturated heterocycles. The van der Waals surface area contributed by atoms with Crippen LogP contribution in [0.25, 0.3) is 0 Å². The fourth-order valence-corrected chi connectivity index (χ4v) is 3.06. The highest BCUT2D eigenvalue weighted by molar-refractivity contribution is 5.73. The molecule has 0 amide bonds. The van der Waals surface area contributed by atoms with Crippen molar-refractivity contribution in [2.75, 3.05) is 11.4 Å². The molecule has 1 unspecified atom stereocenters. The van der Waals surface area contributed by atoms with Gasteiger partial charge in [-0.25, -0.2) is 0 Å². The van der Waals surface area contributed by atoms with Crippen LogP contribution in [0.2, 0.25) is 0 Å². The minimum Gasteiger partial charge on any atom is -0.340 e. The molecule has 3 nitrogen and oxygen atoms in total. The molecule has 0 saturated carbocycles. The highest BCUT2D eigenvalue weighted by Gasteiger charge is 2.24. The van der Waals surface area contributed by atoms with Gasteiger partial charge in [0.1, 0.15) is 6.07 Å². The molecule has 2 aromatic carbocycles. The Labute approximate surface area is 125 Å². The first kappa shape index (κ1) is 13.7. The molecule has 0 aromatic heterocycles. The van der Waals surface area contributed by atoms with Gasteiger partial charge in [-0.05, 0) is 41.7 Å². The van der Waals surface area contributed by atoms with Crippen molar-refractivity contribution in [3.05, 3.63) is 59.2 Å². The van der Waals surface area contributed by atoms with Crippen LogP contribution in [-0.2, 0) is 13.0 Å². The molecular formula is C18H19N3. The largest absolute Gasteiger partial charge is 0.340 e. The van der Waals surface area contributed by atoms with Crippen LogP contribution in [0.1, 0.15) is 23.6 Å². The Kier molecular flexibility index (Phi) is 3.64. The predicted molar refractivity (Wildman–Crippen MR) is 85.4 cm³/mol. The van der Waals surface area contributed by atoms with Crippen LogP contribution in [0.5, 0.6) is 0 Å². The molecule has 0 spiro atoms. The summed E-state index contributed by atoms with van der Waals surface area (Å²) in [5.41, 5.74) is 10.9. The number of benzene rings is 2. The Balaban J connectivity index is 2.11. The Morgan fingerprint density at radius 2 is 2.05 bits per heavy atom. The first-order chi connectivity index (χ1) is 10.2. The second-order valence-corrected chi connectivity index (χ2v) is 5.72. The third-order valence-corrected chi connectivity index (χ3v) is 4.05. The first-order valence-corrected chi connectivity index (χ1v) is 7.31. The minimum absolute atomic E-state index is 0.460. The maximum Gasteiger partial charge on any atom is 0.101 e. The SMILES string of the molecule is CC1Cc2ccccc2N(c2ccc(CN)cc2C#N)C1. The molecule has 0 fully saturated rings. The van der Waals surface area contributed by atoms with Gasteiger partial charge < -0.3 is 10.6 Å². The number of anilines is 2. The van der Waals surface area contributed by atoms with Crippen molar-refractivity contribution in [1.82, 2.24) is 0 Å². The third kappa shape index (κ3) is 2.51. The van der Waals surface area contributed by atoms with Crippen molar-refractivity contribution in [3.8, 4) is 6.07 Å². The lowest BCUT2D eigenvalue weighted by Gasteiger charge is -2.35. The predicted octanol–water partition coefficient (Wildman–Crippen LogP) is 3.35. The molecule has 21 heavy (non-hydrogen) atoms. The monoisotopic (exact) mass is 277 g/mol. The molecule has 2 N–H and O–H groups in total. The van der Waals surface area contributed by atoms with Crippen molar-refractivity contribution in [2.45, 2.75) is 19.9 Å². The van der Waals surface area contributed by atoms with Gasteiger partial charge in [-0.15, -0.1) is 0 Å². The topological polar surface area (TPSA) is 53.0 Å². The van der Waals surface area contributed by atoms with Gasteiger partial charge in [0.25, 0.3) is 0 Å². The van der Waals surface area contributed by atoms with E-state index in [2.05, 4.69) is 42.2 Å².